The van der Waals surface area contributed by atoms with Crippen molar-refractivity contribution in [1.29, 1.82) is 0 Å². The number of aromatic nitrogens is 2. The van der Waals surface area contributed by atoms with Gasteiger partial charge >= 0.3 is 0 Å². The molecule has 0 fully saturated rings. The highest BCUT2D eigenvalue weighted by atomic mass is 16.3. The highest BCUT2D eigenvalue weighted by Gasteiger charge is 2.25. The zero-order chi connectivity index (χ0) is 39.9. The minimum absolute atomic E-state index is 0.152. The van der Waals surface area contributed by atoms with E-state index in [0.717, 1.165) is 93.6 Å². The number of fused-ring (bicyclic) bond motifs is 6. The lowest BCUT2D eigenvalue weighted by Crippen LogP contribution is -2.55. The molecule has 59 heavy (non-hydrogen) atoms. The van der Waals surface area contributed by atoms with Gasteiger partial charge in [0.25, 0.3) is 0 Å². The van der Waals surface area contributed by atoms with E-state index in [2.05, 4.69) is 120 Å². The fourth-order valence-electron chi connectivity index (χ4n) is 8.96. The summed E-state index contributed by atoms with van der Waals surface area (Å²) in [5, 5.41) is 6.55. The van der Waals surface area contributed by atoms with Gasteiger partial charge < -0.3 is 4.42 Å². The smallest absolute Gasteiger partial charge is 0.144 e. The molecule has 0 saturated carbocycles. The van der Waals surface area contributed by atoms with Gasteiger partial charge in [-0.3, -0.25) is 4.57 Å². The van der Waals surface area contributed by atoms with Gasteiger partial charge in [0.2, 0.25) is 0 Å². The lowest BCUT2D eigenvalue weighted by atomic mass is 9.60. The van der Waals surface area contributed by atoms with Gasteiger partial charge in [0.15, 0.2) is 0 Å². The van der Waals surface area contributed by atoms with Crippen molar-refractivity contribution >= 4 is 121 Å². The van der Waals surface area contributed by atoms with E-state index in [0.29, 0.717) is 11.4 Å². The molecule has 0 bridgehead atoms. The van der Waals surface area contributed by atoms with Crippen LogP contribution in [0.5, 0.6) is 0 Å². The summed E-state index contributed by atoms with van der Waals surface area (Å²) in [5.74, 6) is 0.502. The summed E-state index contributed by atoms with van der Waals surface area (Å²) in [6.45, 7) is 0. The van der Waals surface area contributed by atoms with Gasteiger partial charge in [-0.05, 0) is 85.8 Å². The molecule has 0 spiro atoms. The van der Waals surface area contributed by atoms with E-state index in [1.165, 1.54) is 0 Å². The monoisotopic (exact) mass is 738 g/mol. The molecule has 0 aliphatic heterocycles. The highest BCUT2D eigenvalue weighted by Crippen LogP contribution is 2.49. The summed E-state index contributed by atoms with van der Waals surface area (Å²) in [5.41, 5.74) is 12.1. The van der Waals surface area contributed by atoms with Gasteiger partial charge in [0.1, 0.15) is 56.2 Å². The van der Waals surface area contributed by atoms with Crippen LogP contribution < -0.4 is 27.3 Å². The van der Waals surface area contributed by atoms with Gasteiger partial charge in [0, 0.05) is 21.9 Å². The zero-order valence-electron chi connectivity index (χ0n) is 31.8. The average Bonchev–Trinajstić information content (AvgIpc) is 3.86. The van der Waals surface area contributed by atoms with E-state index in [4.69, 9.17) is 48.6 Å². The van der Waals surface area contributed by atoms with Gasteiger partial charge in [-0.15, -0.1) is 16.4 Å². The number of nitrogens with zero attached hydrogens (tertiary/aromatic N) is 2. The molecule has 0 unspecified atom stereocenters. The van der Waals surface area contributed by atoms with Crippen LogP contribution >= 0.6 is 0 Å². The molecule has 0 atom stereocenters. The average molecular weight is 738 g/mol. The van der Waals surface area contributed by atoms with Gasteiger partial charge in [0.05, 0.1) is 16.7 Å². The second-order valence-corrected chi connectivity index (χ2v) is 14.9. The first-order valence-electron chi connectivity index (χ1n) is 19.4. The Morgan fingerprint density at radius 2 is 0.983 bits per heavy atom. The van der Waals surface area contributed by atoms with Crippen LogP contribution in [0.2, 0.25) is 0 Å². The molecule has 2 heterocycles. The van der Waals surface area contributed by atoms with Gasteiger partial charge in [-0.25, -0.2) is 4.98 Å². The van der Waals surface area contributed by atoms with Crippen molar-refractivity contribution in [2.75, 3.05) is 0 Å². The van der Waals surface area contributed by atoms with Crippen LogP contribution in [0.3, 0.4) is 0 Å². The summed E-state index contributed by atoms with van der Waals surface area (Å²) in [6.07, 6.45) is 0. The van der Waals surface area contributed by atoms with Crippen LogP contribution in [0, 0.1) is 0 Å². The Balaban J connectivity index is 1.28. The molecule has 0 aliphatic carbocycles. The number of benzene rings is 9. The molecule has 10 radical (unpaired) electrons. The van der Waals surface area contributed by atoms with Crippen LogP contribution in [-0.2, 0) is 0 Å². The number of imidazole rings is 1. The van der Waals surface area contributed by atoms with Crippen molar-refractivity contribution in [2.45, 2.75) is 0 Å². The molecule has 11 rings (SSSR count). The second-order valence-electron chi connectivity index (χ2n) is 14.9. The van der Waals surface area contributed by atoms with Crippen LogP contribution in [0.25, 0.3) is 105 Å². The topological polar surface area (TPSA) is 31.0 Å². The molecule has 11 aromatic rings. The molecule has 0 N–H and O–H groups in total. The lowest BCUT2D eigenvalue weighted by molar-refractivity contribution is 0.669. The lowest BCUT2D eigenvalue weighted by Gasteiger charge is -2.24. The highest BCUT2D eigenvalue weighted by molar-refractivity contribution is 6.68. The van der Waals surface area contributed by atoms with E-state index in [-0.39, 0.29) is 27.3 Å². The minimum Gasteiger partial charge on any atom is -0.456 e. The first-order chi connectivity index (χ1) is 28.9. The number of rotatable bonds is 5. The molecule has 3 nitrogen and oxygen atoms in total. The fraction of sp³-hybridized carbons (Fsp3) is 0. The number of furan rings is 1. The predicted molar refractivity (Wildman–Crippen MR) is 252 cm³/mol. The van der Waals surface area contributed by atoms with Crippen molar-refractivity contribution in [3.63, 3.8) is 0 Å². The van der Waals surface area contributed by atoms with E-state index in [1.54, 1.807) is 0 Å². The molecule has 0 amide bonds. The van der Waals surface area contributed by atoms with Crippen molar-refractivity contribution < 1.29 is 4.42 Å². The van der Waals surface area contributed by atoms with E-state index >= 15 is 0 Å². The van der Waals surface area contributed by atoms with Crippen molar-refractivity contribution in [1.82, 2.24) is 9.55 Å². The van der Waals surface area contributed by atoms with E-state index in [9.17, 15) is 0 Å². The van der Waals surface area contributed by atoms with Crippen LogP contribution in [0.4, 0.5) is 0 Å². The molecular formula is C51H27B5N2O. The second kappa shape index (κ2) is 13.6. The zero-order valence-corrected chi connectivity index (χ0v) is 31.8. The number of para-hydroxylation sites is 4. The Morgan fingerprint density at radius 1 is 0.407 bits per heavy atom. The Hall–Kier alpha value is -6.91. The summed E-state index contributed by atoms with van der Waals surface area (Å²) in [7, 11) is 32.7. The Labute approximate surface area is 347 Å². The molecule has 0 saturated heterocycles. The van der Waals surface area contributed by atoms with E-state index < -0.39 is 0 Å². The van der Waals surface area contributed by atoms with Crippen LogP contribution in [0.1, 0.15) is 0 Å². The van der Waals surface area contributed by atoms with Crippen molar-refractivity contribution in [3.05, 3.63) is 164 Å². The Kier molecular flexibility index (Phi) is 8.13. The molecule has 262 valence electrons. The minimum atomic E-state index is 0.152. The maximum atomic E-state index is 6.75. The third-order valence-electron chi connectivity index (χ3n) is 11.7. The largest absolute Gasteiger partial charge is 0.456 e. The molecule has 9 aromatic carbocycles. The fourth-order valence-corrected chi connectivity index (χ4v) is 8.96. The summed E-state index contributed by atoms with van der Waals surface area (Å²) < 4.78 is 8.56. The number of hydrogen-bond donors (Lipinski definition) is 0. The maximum absolute atomic E-state index is 6.75. The molecule has 2 aromatic heterocycles. The van der Waals surface area contributed by atoms with Crippen LogP contribution in [0.15, 0.2) is 168 Å². The van der Waals surface area contributed by atoms with E-state index in [1.807, 2.05) is 48.5 Å². The molecule has 0 aliphatic rings. The summed E-state index contributed by atoms with van der Waals surface area (Å²) in [6, 6.07) is 57.0. The van der Waals surface area contributed by atoms with Gasteiger partial charge in [-0.2, -0.15) is 0 Å². The third-order valence-corrected chi connectivity index (χ3v) is 11.7. The summed E-state index contributed by atoms with van der Waals surface area (Å²) >= 11 is 0. The summed E-state index contributed by atoms with van der Waals surface area (Å²) in [4.78, 5) is 5.14. The normalized spacial score (nSPS) is 11.7. The van der Waals surface area contributed by atoms with Crippen LogP contribution in [-0.4, -0.2) is 48.8 Å². The Morgan fingerprint density at radius 3 is 1.76 bits per heavy atom. The maximum Gasteiger partial charge on any atom is 0.144 e. The molecular weight excluding hydrogens is 711 g/mol. The standard InChI is InChI=1S/C51H27B5N2O/c52-46-45(47(53)49(55)50(56)48(46)54)51-57-37-20-8-10-22-39(37)58(51)38-21-9-6-17-33(38)42-30-15-4-5-16-31(30)43(36-27-29(25-26-32(36)42)28-13-2-1-3-14-28)35-19-12-24-41-44(35)34-18-7-11-23-40(34)59-41/h1-27H. The third kappa shape index (κ3) is 5.32. The first-order valence-corrected chi connectivity index (χ1v) is 19.4. The predicted octanol–water partition coefficient (Wildman–Crippen LogP) is 7.87. The number of hydrogen-bond acceptors (Lipinski definition) is 2. The molecule has 8 heteroatoms. The Bertz CT molecular complexity index is 3490. The van der Waals surface area contributed by atoms with Crippen molar-refractivity contribution in [2.24, 2.45) is 0 Å². The first kappa shape index (κ1) is 35.3. The SMILES string of the molecule is [B]c1c([B])c([B])c(-c2nc3ccccc3n2-c2ccccc2-c2c3ccccc3c(-c3cccc4oc5ccccc5c34)c3cc(-c4ccccc4)ccc23)c([B])c1[B]. The quantitative estimate of drug-likeness (QED) is 0.133. The van der Waals surface area contributed by atoms with Gasteiger partial charge in [-0.1, -0.05) is 138 Å². The van der Waals surface area contributed by atoms with Crippen molar-refractivity contribution in [3.8, 4) is 50.5 Å².